The van der Waals surface area contributed by atoms with Crippen LogP contribution in [0.5, 0.6) is 0 Å². The summed E-state index contributed by atoms with van der Waals surface area (Å²) >= 11 is 3.33. The summed E-state index contributed by atoms with van der Waals surface area (Å²) in [5.74, 6) is -0.0947. The SMILES string of the molecule is CCc1ccc(C(CNC(=O)c2cc(Br)c[nH]2)N(C)C)cc1. The minimum atomic E-state index is -0.0947. The summed E-state index contributed by atoms with van der Waals surface area (Å²) in [6.45, 7) is 2.71. The third kappa shape index (κ3) is 4.21. The number of carbonyl (C=O) groups is 1. The van der Waals surface area contributed by atoms with Gasteiger partial charge in [-0.15, -0.1) is 0 Å². The average molecular weight is 364 g/mol. The van der Waals surface area contributed by atoms with Gasteiger partial charge in [-0.2, -0.15) is 0 Å². The van der Waals surface area contributed by atoms with E-state index in [2.05, 4.69) is 62.3 Å². The highest BCUT2D eigenvalue weighted by Gasteiger charge is 2.16. The summed E-state index contributed by atoms with van der Waals surface area (Å²) in [5.41, 5.74) is 3.09. The Labute approximate surface area is 140 Å². The van der Waals surface area contributed by atoms with Gasteiger partial charge in [-0.05, 0) is 53.6 Å². The van der Waals surface area contributed by atoms with Crippen LogP contribution in [0.15, 0.2) is 41.0 Å². The molecule has 2 N–H and O–H groups in total. The van der Waals surface area contributed by atoms with Crippen LogP contribution in [0.25, 0.3) is 0 Å². The summed E-state index contributed by atoms with van der Waals surface area (Å²) in [5, 5.41) is 2.99. The Morgan fingerprint density at radius 2 is 2.00 bits per heavy atom. The van der Waals surface area contributed by atoms with Crippen LogP contribution < -0.4 is 5.32 Å². The lowest BCUT2D eigenvalue weighted by atomic mass is 10.0. The second kappa shape index (κ2) is 7.61. The fourth-order valence-corrected chi connectivity index (χ4v) is 2.70. The number of aromatic nitrogens is 1. The number of aryl methyl sites for hydroxylation is 1. The summed E-state index contributed by atoms with van der Waals surface area (Å²) in [6, 6.07) is 10.5. The summed E-state index contributed by atoms with van der Waals surface area (Å²) in [6.07, 6.45) is 2.78. The number of nitrogens with zero attached hydrogens (tertiary/aromatic N) is 1. The Morgan fingerprint density at radius 3 is 2.50 bits per heavy atom. The first-order chi connectivity index (χ1) is 10.5. The number of H-pyrrole nitrogens is 1. The third-order valence-electron chi connectivity index (χ3n) is 3.74. The lowest BCUT2D eigenvalue weighted by Crippen LogP contribution is -2.34. The number of likely N-dealkylation sites (N-methyl/N-ethyl adjacent to an activating group) is 1. The number of halogens is 1. The maximum atomic E-state index is 12.1. The van der Waals surface area contributed by atoms with Crippen molar-refractivity contribution in [2.75, 3.05) is 20.6 Å². The predicted molar refractivity (Wildman–Crippen MR) is 93.1 cm³/mol. The molecule has 1 amide bonds. The highest BCUT2D eigenvalue weighted by molar-refractivity contribution is 9.10. The molecule has 0 aliphatic heterocycles. The minimum Gasteiger partial charge on any atom is -0.356 e. The standard InChI is InChI=1S/C17H22BrN3O/c1-4-12-5-7-13(8-6-12)16(21(2)3)11-20-17(22)15-9-14(18)10-19-15/h5-10,16,19H,4,11H2,1-3H3,(H,20,22). The first-order valence-corrected chi connectivity index (χ1v) is 8.18. The van der Waals surface area contributed by atoms with E-state index in [0.717, 1.165) is 10.9 Å². The fourth-order valence-electron chi connectivity index (χ4n) is 2.36. The van der Waals surface area contributed by atoms with Gasteiger partial charge in [0, 0.05) is 17.2 Å². The first-order valence-electron chi connectivity index (χ1n) is 7.38. The molecule has 0 aliphatic carbocycles. The molecule has 1 aromatic heterocycles. The van der Waals surface area contributed by atoms with Crippen molar-refractivity contribution in [2.24, 2.45) is 0 Å². The van der Waals surface area contributed by atoms with Gasteiger partial charge in [-0.25, -0.2) is 0 Å². The van der Waals surface area contributed by atoms with Gasteiger partial charge in [-0.1, -0.05) is 31.2 Å². The topological polar surface area (TPSA) is 48.1 Å². The quantitative estimate of drug-likeness (QED) is 0.826. The molecule has 4 nitrogen and oxygen atoms in total. The van der Waals surface area contributed by atoms with Crippen LogP contribution in [0.2, 0.25) is 0 Å². The average Bonchev–Trinajstić information content (AvgIpc) is 2.94. The minimum absolute atomic E-state index is 0.0947. The molecule has 0 saturated carbocycles. The van der Waals surface area contributed by atoms with Gasteiger partial charge in [0.05, 0.1) is 6.04 Å². The molecule has 0 spiro atoms. The van der Waals surface area contributed by atoms with E-state index >= 15 is 0 Å². The number of aromatic amines is 1. The van der Waals surface area contributed by atoms with Gasteiger partial charge in [0.2, 0.25) is 0 Å². The van der Waals surface area contributed by atoms with Crippen molar-refractivity contribution in [1.29, 1.82) is 0 Å². The molecule has 5 heteroatoms. The van der Waals surface area contributed by atoms with Crippen molar-refractivity contribution < 1.29 is 4.79 Å². The van der Waals surface area contributed by atoms with Crippen molar-refractivity contribution in [3.8, 4) is 0 Å². The molecule has 0 aliphatic rings. The van der Waals surface area contributed by atoms with Crippen molar-refractivity contribution in [3.63, 3.8) is 0 Å². The normalized spacial score (nSPS) is 12.4. The number of amides is 1. The van der Waals surface area contributed by atoms with Gasteiger partial charge < -0.3 is 15.2 Å². The van der Waals surface area contributed by atoms with E-state index in [-0.39, 0.29) is 11.9 Å². The lowest BCUT2D eigenvalue weighted by molar-refractivity contribution is 0.0937. The van der Waals surface area contributed by atoms with E-state index in [1.807, 2.05) is 14.1 Å². The van der Waals surface area contributed by atoms with Crippen LogP contribution in [0.1, 0.15) is 34.6 Å². The molecular weight excluding hydrogens is 342 g/mol. The number of nitrogens with one attached hydrogen (secondary N) is 2. The smallest absolute Gasteiger partial charge is 0.267 e. The van der Waals surface area contributed by atoms with Crippen LogP contribution in [0, 0.1) is 0 Å². The summed E-state index contributed by atoms with van der Waals surface area (Å²) in [4.78, 5) is 17.2. The zero-order valence-electron chi connectivity index (χ0n) is 13.2. The van der Waals surface area contributed by atoms with E-state index in [1.54, 1.807) is 12.3 Å². The molecular formula is C17H22BrN3O. The largest absolute Gasteiger partial charge is 0.356 e. The van der Waals surface area contributed by atoms with Gasteiger partial charge in [0.25, 0.3) is 5.91 Å². The molecule has 0 radical (unpaired) electrons. The number of hydrogen-bond donors (Lipinski definition) is 2. The van der Waals surface area contributed by atoms with E-state index in [9.17, 15) is 4.79 Å². The maximum absolute atomic E-state index is 12.1. The number of carbonyl (C=O) groups excluding carboxylic acids is 1. The first kappa shape index (κ1) is 16.8. The van der Waals surface area contributed by atoms with Crippen LogP contribution >= 0.6 is 15.9 Å². The molecule has 2 aromatic rings. The van der Waals surface area contributed by atoms with Gasteiger partial charge in [0.15, 0.2) is 0 Å². The van der Waals surface area contributed by atoms with Crippen molar-refractivity contribution in [2.45, 2.75) is 19.4 Å². The molecule has 1 unspecified atom stereocenters. The zero-order valence-corrected chi connectivity index (χ0v) is 14.8. The Hall–Kier alpha value is -1.59. The summed E-state index contributed by atoms with van der Waals surface area (Å²) in [7, 11) is 4.05. The Kier molecular flexibility index (Phi) is 5.80. The molecule has 1 heterocycles. The highest BCUT2D eigenvalue weighted by Crippen LogP contribution is 2.18. The fraction of sp³-hybridized carbons (Fsp3) is 0.353. The Morgan fingerprint density at radius 1 is 1.32 bits per heavy atom. The molecule has 0 saturated heterocycles. The maximum Gasteiger partial charge on any atom is 0.267 e. The third-order valence-corrected chi connectivity index (χ3v) is 4.20. The Balaban J connectivity index is 2.03. The van der Waals surface area contributed by atoms with E-state index in [1.165, 1.54) is 11.1 Å². The molecule has 22 heavy (non-hydrogen) atoms. The predicted octanol–water partition coefficient (Wildman–Crippen LogP) is 3.37. The van der Waals surface area contributed by atoms with Crippen LogP contribution in [-0.4, -0.2) is 36.4 Å². The molecule has 1 atom stereocenters. The molecule has 0 fully saturated rings. The van der Waals surface area contributed by atoms with Crippen LogP contribution in [0.3, 0.4) is 0 Å². The van der Waals surface area contributed by atoms with E-state index in [0.29, 0.717) is 12.2 Å². The number of rotatable bonds is 6. The summed E-state index contributed by atoms with van der Waals surface area (Å²) < 4.78 is 0.872. The van der Waals surface area contributed by atoms with E-state index in [4.69, 9.17) is 0 Å². The lowest BCUT2D eigenvalue weighted by Gasteiger charge is -2.25. The van der Waals surface area contributed by atoms with Crippen molar-refractivity contribution in [3.05, 3.63) is 57.8 Å². The molecule has 0 bridgehead atoms. The van der Waals surface area contributed by atoms with Gasteiger partial charge in [-0.3, -0.25) is 4.79 Å². The monoisotopic (exact) mass is 363 g/mol. The second-order valence-electron chi connectivity index (χ2n) is 5.52. The molecule has 2 rings (SSSR count). The molecule has 1 aromatic carbocycles. The van der Waals surface area contributed by atoms with E-state index < -0.39 is 0 Å². The van der Waals surface area contributed by atoms with Crippen molar-refractivity contribution in [1.82, 2.24) is 15.2 Å². The Bertz CT molecular complexity index is 619. The van der Waals surface area contributed by atoms with Gasteiger partial charge >= 0.3 is 0 Å². The number of benzene rings is 1. The van der Waals surface area contributed by atoms with Crippen LogP contribution in [-0.2, 0) is 6.42 Å². The second-order valence-corrected chi connectivity index (χ2v) is 6.43. The van der Waals surface area contributed by atoms with Crippen LogP contribution in [0.4, 0.5) is 0 Å². The highest BCUT2D eigenvalue weighted by atomic mass is 79.9. The molecule has 118 valence electrons. The van der Waals surface area contributed by atoms with Crippen molar-refractivity contribution >= 4 is 21.8 Å². The van der Waals surface area contributed by atoms with Gasteiger partial charge in [0.1, 0.15) is 5.69 Å². The zero-order chi connectivity index (χ0) is 16.1. The number of hydrogen-bond acceptors (Lipinski definition) is 2.